The lowest BCUT2D eigenvalue weighted by Gasteiger charge is -2.08. The fourth-order valence-corrected chi connectivity index (χ4v) is 1.04. The van der Waals surface area contributed by atoms with Gasteiger partial charge in [-0.3, -0.25) is 0 Å². The van der Waals surface area contributed by atoms with E-state index in [0.717, 1.165) is 12.1 Å². The van der Waals surface area contributed by atoms with Gasteiger partial charge in [-0.15, -0.1) is 12.4 Å². The SMILES string of the molecule is Cl.N#Cc1ccc(Cl)c(C(F)(F)F)c1. The van der Waals surface area contributed by atoms with E-state index in [4.69, 9.17) is 16.9 Å². The number of benzene rings is 1. The molecule has 0 amide bonds. The van der Waals surface area contributed by atoms with Crippen molar-refractivity contribution in [2.75, 3.05) is 0 Å². The van der Waals surface area contributed by atoms with Gasteiger partial charge >= 0.3 is 6.18 Å². The first-order valence-electron chi connectivity index (χ1n) is 3.22. The molecule has 0 unspecified atom stereocenters. The van der Waals surface area contributed by atoms with Crippen LogP contribution in [0.5, 0.6) is 0 Å². The summed E-state index contributed by atoms with van der Waals surface area (Å²) >= 11 is 5.31. The van der Waals surface area contributed by atoms with E-state index in [-0.39, 0.29) is 18.0 Å². The van der Waals surface area contributed by atoms with Gasteiger partial charge in [0.05, 0.1) is 22.2 Å². The molecule has 0 radical (unpaired) electrons. The largest absolute Gasteiger partial charge is 0.417 e. The molecule has 0 saturated carbocycles. The van der Waals surface area contributed by atoms with Crippen molar-refractivity contribution in [2.45, 2.75) is 6.18 Å². The van der Waals surface area contributed by atoms with Crippen LogP contribution >= 0.6 is 24.0 Å². The lowest BCUT2D eigenvalue weighted by molar-refractivity contribution is -0.137. The van der Waals surface area contributed by atoms with Crippen LogP contribution in [0.15, 0.2) is 18.2 Å². The van der Waals surface area contributed by atoms with E-state index in [1.54, 1.807) is 6.07 Å². The van der Waals surface area contributed by atoms with Crippen LogP contribution in [0, 0.1) is 11.3 Å². The van der Waals surface area contributed by atoms with Crippen LogP contribution in [0.25, 0.3) is 0 Å². The molecule has 1 aromatic rings. The summed E-state index contributed by atoms with van der Waals surface area (Å²) < 4.78 is 36.5. The second-order valence-electron chi connectivity index (χ2n) is 2.30. The van der Waals surface area contributed by atoms with E-state index >= 15 is 0 Å². The summed E-state index contributed by atoms with van der Waals surface area (Å²) in [6.07, 6.45) is -4.51. The first-order valence-corrected chi connectivity index (χ1v) is 3.60. The van der Waals surface area contributed by atoms with Gasteiger partial charge in [-0.25, -0.2) is 0 Å². The monoisotopic (exact) mass is 241 g/mol. The Morgan fingerprint density at radius 2 is 1.86 bits per heavy atom. The zero-order valence-electron chi connectivity index (χ0n) is 6.60. The number of rotatable bonds is 0. The van der Waals surface area contributed by atoms with Crippen molar-refractivity contribution < 1.29 is 13.2 Å². The average Bonchev–Trinajstić information content (AvgIpc) is 2.03. The van der Waals surface area contributed by atoms with Crippen LogP contribution < -0.4 is 0 Å². The summed E-state index contributed by atoms with van der Waals surface area (Å²) in [6.45, 7) is 0. The number of alkyl halides is 3. The van der Waals surface area contributed by atoms with Gasteiger partial charge in [0, 0.05) is 0 Å². The highest BCUT2D eigenvalue weighted by atomic mass is 35.5. The Hall–Kier alpha value is -0.920. The van der Waals surface area contributed by atoms with Crippen LogP contribution in [0.3, 0.4) is 0 Å². The molecule has 1 aromatic carbocycles. The van der Waals surface area contributed by atoms with Gasteiger partial charge in [-0.1, -0.05) is 11.6 Å². The minimum Gasteiger partial charge on any atom is -0.192 e. The molecule has 0 aliphatic carbocycles. The minimum atomic E-state index is -4.51. The number of halogens is 5. The van der Waals surface area contributed by atoms with Gasteiger partial charge in [0.1, 0.15) is 0 Å². The summed E-state index contributed by atoms with van der Waals surface area (Å²) in [5.41, 5.74) is -1.04. The fourth-order valence-electron chi connectivity index (χ4n) is 0.812. The summed E-state index contributed by atoms with van der Waals surface area (Å²) in [5, 5.41) is 7.96. The molecule has 0 spiro atoms. The number of hydrogen-bond acceptors (Lipinski definition) is 1. The standard InChI is InChI=1S/C8H3ClF3N.ClH/c9-7-2-1-5(4-13)3-6(7)8(10,11)12;/h1-3H;1H. The molecule has 0 atom stereocenters. The summed E-state index contributed by atoms with van der Waals surface area (Å²) in [6, 6.07) is 4.62. The van der Waals surface area contributed by atoms with E-state index in [1.165, 1.54) is 6.07 Å². The van der Waals surface area contributed by atoms with Crippen molar-refractivity contribution in [3.8, 4) is 6.07 Å². The molecule has 0 fully saturated rings. The number of nitrogens with zero attached hydrogens (tertiary/aromatic N) is 1. The maximum absolute atomic E-state index is 12.2. The van der Waals surface area contributed by atoms with Gasteiger partial charge in [0.15, 0.2) is 0 Å². The molecule has 0 heterocycles. The highest BCUT2D eigenvalue weighted by Gasteiger charge is 2.33. The zero-order valence-corrected chi connectivity index (χ0v) is 8.17. The van der Waals surface area contributed by atoms with Crippen molar-refractivity contribution in [1.29, 1.82) is 5.26 Å². The minimum absolute atomic E-state index is 0. The molecule has 1 nitrogen and oxygen atoms in total. The molecule has 0 aliphatic rings. The molecule has 76 valence electrons. The predicted octanol–water partition coefficient (Wildman–Crippen LogP) is 3.65. The van der Waals surface area contributed by atoms with Crippen LogP contribution in [-0.2, 0) is 6.18 Å². The normalized spacial score (nSPS) is 10.2. The lowest BCUT2D eigenvalue weighted by Crippen LogP contribution is -2.05. The van der Waals surface area contributed by atoms with Gasteiger partial charge in [-0.2, -0.15) is 18.4 Å². The summed E-state index contributed by atoms with van der Waals surface area (Å²) in [7, 11) is 0. The maximum atomic E-state index is 12.2. The Bertz CT molecular complexity index is 368. The second-order valence-corrected chi connectivity index (χ2v) is 2.71. The maximum Gasteiger partial charge on any atom is 0.417 e. The van der Waals surface area contributed by atoms with Gasteiger partial charge < -0.3 is 0 Å². The number of nitriles is 1. The Balaban J connectivity index is 0.00000169. The molecule has 0 N–H and O–H groups in total. The van der Waals surface area contributed by atoms with Gasteiger partial charge in [-0.05, 0) is 18.2 Å². The third-order valence-corrected chi connectivity index (χ3v) is 1.73. The summed E-state index contributed by atoms with van der Waals surface area (Å²) in [5.74, 6) is 0. The Labute approximate surface area is 89.5 Å². The molecule has 0 aliphatic heterocycles. The summed E-state index contributed by atoms with van der Waals surface area (Å²) in [4.78, 5) is 0. The number of hydrogen-bond donors (Lipinski definition) is 0. The molecule has 14 heavy (non-hydrogen) atoms. The first-order chi connectivity index (χ1) is 5.95. The molecule has 0 bridgehead atoms. The third kappa shape index (κ3) is 2.79. The molecule has 0 aromatic heterocycles. The van der Waals surface area contributed by atoms with Crippen LogP contribution in [0.1, 0.15) is 11.1 Å². The van der Waals surface area contributed by atoms with Gasteiger partial charge in [0.2, 0.25) is 0 Å². The second kappa shape index (κ2) is 4.54. The predicted molar refractivity (Wildman–Crippen MR) is 48.4 cm³/mol. The average molecular weight is 242 g/mol. The smallest absolute Gasteiger partial charge is 0.192 e. The highest BCUT2D eigenvalue weighted by Crippen LogP contribution is 2.34. The van der Waals surface area contributed by atoms with Crippen molar-refractivity contribution in [3.05, 3.63) is 34.3 Å². The Morgan fingerprint density at radius 1 is 1.29 bits per heavy atom. The molecule has 1 rings (SSSR count). The topological polar surface area (TPSA) is 23.8 Å². The Morgan fingerprint density at radius 3 is 2.29 bits per heavy atom. The van der Waals surface area contributed by atoms with Crippen LogP contribution in [0.2, 0.25) is 5.02 Å². The Kier molecular flexibility index (Phi) is 4.24. The van der Waals surface area contributed by atoms with Crippen LogP contribution in [-0.4, -0.2) is 0 Å². The molecule has 6 heteroatoms. The van der Waals surface area contributed by atoms with E-state index in [0.29, 0.717) is 0 Å². The third-order valence-electron chi connectivity index (χ3n) is 1.40. The van der Waals surface area contributed by atoms with E-state index in [1.807, 2.05) is 0 Å². The van der Waals surface area contributed by atoms with E-state index < -0.39 is 16.8 Å². The van der Waals surface area contributed by atoms with Gasteiger partial charge in [0.25, 0.3) is 0 Å². The van der Waals surface area contributed by atoms with Crippen molar-refractivity contribution in [2.24, 2.45) is 0 Å². The van der Waals surface area contributed by atoms with E-state index in [2.05, 4.69) is 0 Å². The first kappa shape index (κ1) is 13.1. The van der Waals surface area contributed by atoms with Crippen molar-refractivity contribution >= 4 is 24.0 Å². The fraction of sp³-hybridized carbons (Fsp3) is 0.125. The zero-order chi connectivity index (χ0) is 10.1. The van der Waals surface area contributed by atoms with E-state index in [9.17, 15) is 13.2 Å². The molecule has 0 saturated heterocycles. The molecular weight excluding hydrogens is 238 g/mol. The molecular formula is C8H4Cl2F3N. The lowest BCUT2D eigenvalue weighted by atomic mass is 10.1. The quantitative estimate of drug-likeness (QED) is 0.681. The van der Waals surface area contributed by atoms with Crippen molar-refractivity contribution in [1.82, 2.24) is 0 Å². The highest BCUT2D eigenvalue weighted by molar-refractivity contribution is 6.31. The van der Waals surface area contributed by atoms with Crippen LogP contribution in [0.4, 0.5) is 13.2 Å². The van der Waals surface area contributed by atoms with Crippen molar-refractivity contribution in [3.63, 3.8) is 0 Å².